The predicted molar refractivity (Wildman–Crippen MR) is 158 cm³/mol. The number of aromatic nitrogens is 3. The number of hydrogen-bond acceptors (Lipinski definition) is 5. The number of benzene rings is 3. The van der Waals surface area contributed by atoms with Gasteiger partial charge in [0.1, 0.15) is 18.2 Å². The van der Waals surface area contributed by atoms with Gasteiger partial charge >= 0.3 is 5.97 Å². The van der Waals surface area contributed by atoms with Crippen molar-refractivity contribution in [2.24, 2.45) is 5.41 Å². The third-order valence-electron chi connectivity index (χ3n) is 7.86. The molecule has 44 heavy (non-hydrogen) atoms. The molecule has 0 amide bonds. The zero-order chi connectivity index (χ0) is 31.2. The van der Waals surface area contributed by atoms with Crippen LogP contribution in [0.3, 0.4) is 0 Å². The van der Waals surface area contributed by atoms with Crippen molar-refractivity contribution in [3.63, 3.8) is 0 Å². The number of rotatable bonds is 8. The first-order valence-electron chi connectivity index (χ1n) is 13.8. The molecule has 3 aromatic carbocycles. The molecule has 226 valence electrons. The number of ether oxygens (including phenoxy) is 2. The Bertz CT molecular complexity index is 1890. The highest BCUT2D eigenvalue weighted by molar-refractivity contribution is 6.30. The van der Waals surface area contributed by atoms with E-state index < -0.39 is 29.0 Å². The van der Waals surface area contributed by atoms with Gasteiger partial charge in [-0.25, -0.2) is 27.9 Å². The summed E-state index contributed by atoms with van der Waals surface area (Å²) in [7, 11) is 0. The van der Waals surface area contributed by atoms with Gasteiger partial charge in [-0.1, -0.05) is 43.6 Å². The van der Waals surface area contributed by atoms with Crippen molar-refractivity contribution in [2.45, 2.75) is 32.9 Å². The number of fused-ring (bicyclic) bond motifs is 1. The zero-order valence-electron chi connectivity index (χ0n) is 23.8. The van der Waals surface area contributed by atoms with Crippen LogP contribution >= 0.6 is 11.6 Å². The highest BCUT2D eigenvalue weighted by Crippen LogP contribution is 2.41. The molecule has 1 fully saturated rings. The fourth-order valence-electron chi connectivity index (χ4n) is 5.45. The van der Waals surface area contributed by atoms with Crippen LogP contribution in [0.15, 0.2) is 66.7 Å². The molecule has 0 spiro atoms. The van der Waals surface area contributed by atoms with Crippen LogP contribution in [0.1, 0.15) is 47.2 Å². The van der Waals surface area contributed by atoms with Crippen molar-refractivity contribution in [1.29, 1.82) is 0 Å². The largest absolute Gasteiger partial charge is 0.478 e. The number of carboxylic acid groups (broad SMARTS) is 1. The van der Waals surface area contributed by atoms with Gasteiger partial charge in [0, 0.05) is 34.1 Å². The summed E-state index contributed by atoms with van der Waals surface area (Å²) in [6.07, 6.45) is -0.379. The average Bonchev–Trinajstić information content (AvgIpc) is 3.54. The van der Waals surface area contributed by atoms with Crippen molar-refractivity contribution < 1.29 is 32.5 Å². The molecule has 1 atom stereocenters. The highest BCUT2D eigenvalue weighted by atomic mass is 35.5. The lowest BCUT2D eigenvalue weighted by atomic mass is 9.87. The van der Waals surface area contributed by atoms with Crippen molar-refractivity contribution in [3.8, 4) is 17.1 Å². The first-order valence-corrected chi connectivity index (χ1v) is 14.2. The molecule has 0 aliphatic carbocycles. The van der Waals surface area contributed by atoms with Gasteiger partial charge in [-0.2, -0.15) is 0 Å². The third kappa shape index (κ3) is 5.62. The van der Waals surface area contributed by atoms with Crippen LogP contribution in [0.25, 0.3) is 22.3 Å². The minimum absolute atomic E-state index is 0.00116. The molecule has 1 aliphatic heterocycles. The third-order valence-corrected chi connectivity index (χ3v) is 8.11. The van der Waals surface area contributed by atoms with Gasteiger partial charge in [0.15, 0.2) is 11.6 Å². The number of carboxylic acids is 1. The molecular weight excluding hydrogens is 595 g/mol. The Morgan fingerprint density at radius 3 is 2.55 bits per heavy atom. The van der Waals surface area contributed by atoms with Crippen molar-refractivity contribution >= 4 is 28.6 Å². The summed E-state index contributed by atoms with van der Waals surface area (Å²) < 4.78 is 60.1. The second kappa shape index (κ2) is 11.6. The summed E-state index contributed by atoms with van der Waals surface area (Å²) in [5.74, 6) is -4.31. The van der Waals surface area contributed by atoms with E-state index in [0.717, 1.165) is 11.6 Å². The van der Waals surface area contributed by atoms with E-state index in [2.05, 4.69) is 9.97 Å². The maximum atomic E-state index is 15.7. The van der Waals surface area contributed by atoms with E-state index in [0.29, 0.717) is 29.3 Å². The van der Waals surface area contributed by atoms with E-state index >= 15 is 13.2 Å². The van der Waals surface area contributed by atoms with Gasteiger partial charge in [-0.05, 0) is 48.0 Å². The monoisotopic (exact) mass is 621 g/mol. The van der Waals surface area contributed by atoms with Gasteiger partial charge in [0.05, 0.1) is 41.5 Å². The summed E-state index contributed by atoms with van der Waals surface area (Å²) >= 11 is 5.92. The van der Waals surface area contributed by atoms with Gasteiger partial charge in [-0.15, -0.1) is 0 Å². The number of pyridine rings is 1. The van der Waals surface area contributed by atoms with Crippen LogP contribution in [-0.2, 0) is 17.8 Å². The maximum Gasteiger partial charge on any atom is 0.335 e. The number of aromatic carboxylic acids is 1. The Balaban J connectivity index is 1.35. The highest BCUT2D eigenvalue weighted by Gasteiger charge is 2.39. The Morgan fingerprint density at radius 2 is 1.84 bits per heavy atom. The minimum Gasteiger partial charge on any atom is -0.478 e. The minimum atomic E-state index is -1.36. The molecule has 1 aliphatic rings. The first-order chi connectivity index (χ1) is 21.0. The van der Waals surface area contributed by atoms with E-state index in [-0.39, 0.29) is 53.0 Å². The lowest BCUT2D eigenvalue weighted by Gasteiger charge is -2.28. The Morgan fingerprint density at radius 1 is 1.07 bits per heavy atom. The summed E-state index contributed by atoms with van der Waals surface area (Å²) in [5.41, 5.74) is 0.553. The van der Waals surface area contributed by atoms with Gasteiger partial charge in [0.2, 0.25) is 5.88 Å². The summed E-state index contributed by atoms with van der Waals surface area (Å²) in [4.78, 5) is 20.6. The SMILES string of the molecule is CC1(C)COC[C@H]1n1c(Cc2c(F)cc(-c3cccc(OCc4ccc(Cl)cc4)n3)c(F)c2F)nc2ccc(C(=O)O)cc21. The number of halogens is 4. The molecule has 2 aromatic heterocycles. The molecule has 0 unspecified atom stereocenters. The summed E-state index contributed by atoms with van der Waals surface area (Å²) in [6, 6.07) is 16.6. The van der Waals surface area contributed by atoms with Crippen molar-refractivity contribution in [1.82, 2.24) is 14.5 Å². The Kier molecular flexibility index (Phi) is 7.81. The normalized spacial score (nSPS) is 16.0. The number of hydrogen-bond donors (Lipinski definition) is 1. The molecule has 0 saturated carbocycles. The predicted octanol–water partition coefficient (Wildman–Crippen LogP) is 7.63. The van der Waals surface area contributed by atoms with Gasteiger partial charge in [0.25, 0.3) is 0 Å². The van der Waals surface area contributed by atoms with Crippen molar-refractivity contribution in [3.05, 3.63) is 112 Å². The van der Waals surface area contributed by atoms with Crippen LogP contribution < -0.4 is 4.74 Å². The fraction of sp³-hybridized carbons (Fsp3) is 0.242. The van der Waals surface area contributed by atoms with E-state index in [1.54, 1.807) is 47.0 Å². The molecular formula is C33H27ClF3N3O4. The molecule has 0 bridgehead atoms. The van der Waals surface area contributed by atoms with E-state index in [9.17, 15) is 9.90 Å². The standard InChI is InChI=1S/C33H27ClF3N3O4/c1-33(2)17-43-16-27(33)40-26-12-19(32(41)42)8-11-25(26)38-28(40)14-21-23(35)13-22(31(37)30(21)36)24-4-3-5-29(39-24)44-15-18-6-9-20(34)10-7-18/h3-13,27H,14-17H2,1-2H3,(H,41,42)/t27-/m1/s1. The van der Waals surface area contributed by atoms with Crippen LogP contribution in [0.2, 0.25) is 5.02 Å². The topological polar surface area (TPSA) is 86.5 Å². The molecule has 1 saturated heterocycles. The van der Waals surface area contributed by atoms with Gasteiger partial charge in [-0.3, -0.25) is 0 Å². The molecule has 0 radical (unpaired) electrons. The second-order valence-electron chi connectivity index (χ2n) is 11.4. The Hall–Kier alpha value is -4.41. The maximum absolute atomic E-state index is 15.7. The number of carbonyl (C=O) groups is 1. The number of nitrogens with zero attached hydrogens (tertiary/aromatic N) is 3. The summed E-state index contributed by atoms with van der Waals surface area (Å²) in [5, 5.41) is 10.1. The molecule has 3 heterocycles. The quantitative estimate of drug-likeness (QED) is 0.179. The van der Waals surface area contributed by atoms with Gasteiger partial charge < -0.3 is 19.1 Å². The zero-order valence-corrected chi connectivity index (χ0v) is 24.5. The average molecular weight is 622 g/mol. The lowest BCUT2D eigenvalue weighted by molar-refractivity contribution is 0.0697. The smallest absolute Gasteiger partial charge is 0.335 e. The van der Waals surface area contributed by atoms with Crippen LogP contribution in [-0.4, -0.2) is 38.8 Å². The molecule has 7 nitrogen and oxygen atoms in total. The number of imidazole rings is 1. The molecule has 6 rings (SSSR count). The van der Waals surface area contributed by atoms with E-state index in [4.69, 9.17) is 21.1 Å². The molecule has 11 heteroatoms. The molecule has 1 N–H and O–H groups in total. The van der Waals surface area contributed by atoms with E-state index in [1.807, 2.05) is 13.8 Å². The second-order valence-corrected chi connectivity index (χ2v) is 11.8. The summed E-state index contributed by atoms with van der Waals surface area (Å²) in [6.45, 7) is 4.85. The van der Waals surface area contributed by atoms with Crippen LogP contribution in [0.4, 0.5) is 13.2 Å². The van der Waals surface area contributed by atoms with Crippen LogP contribution in [0, 0.1) is 22.9 Å². The Labute approximate surface area is 255 Å². The van der Waals surface area contributed by atoms with Crippen molar-refractivity contribution in [2.75, 3.05) is 13.2 Å². The first kappa shape index (κ1) is 29.7. The molecule has 5 aromatic rings. The lowest BCUT2D eigenvalue weighted by Crippen LogP contribution is -2.27. The fourth-order valence-corrected chi connectivity index (χ4v) is 5.58. The van der Waals surface area contributed by atoms with E-state index in [1.165, 1.54) is 18.2 Å². The van der Waals surface area contributed by atoms with Crippen LogP contribution in [0.5, 0.6) is 5.88 Å².